The molecule has 2 heterocycles. The van der Waals surface area contributed by atoms with Crippen LogP contribution in [0.1, 0.15) is 31.7 Å². The summed E-state index contributed by atoms with van der Waals surface area (Å²) in [6.07, 6.45) is 7.49. The molecular formula is C24H24ClN3S. The molecular weight excluding hydrogens is 398 g/mol. The summed E-state index contributed by atoms with van der Waals surface area (Å²) in [6, 6.07) is 16.6. The highest BCUT2D eigenvalue weighted by atomic mass is 35.5. The summed E-state index contributed by atoms with van der Waals surface area (Å²) in [5, 5.41) is 2.91. The van der Waals surface area contributed by atoms with Gasteiger partial charge >= 0.3 is 0 Å². The first-order valence-corrected chi connectivity index (χ1v) is 11.4. The third-order valence-corrected chi connectivity index (χ3v) is 6.54. The van der Waals surface area contributed by atoms with E-state index in [0.29, 0.717) is 0 Å². The Labute approximate surface area is 181 Å². The Morgan fingerprint density at radius 3 is 2.62 bits per heavy atom. The van der Waals surface area contributed by atoms with E-state index < -0.39 is 0 Å². The molecule has 0 N–H and O–H groups in total. The van der Waals surface area contributed by atoms with E-state index in [1.165, 1.54) is 24.8 Å². The molecule has 0 saturated carbocycles. The molecule has 0 bridgehead atoms. The Bertz CT molecular complexity index is 1120. The lowest BCUT2D eigenvalue weighted by atomic mass is 10.1. The van der Waals surface area contributed by atoms with Gasteiger partial charge in [0.2, 0.25) is 0 Å². The van der Waals surface area contributed by atoms with Crippen molar-refractivity contribution in [1.82, 2.24) is 14.5 Å². The normalized spacial score (nSPS) is 11.3. The second-order valence-electron chi connectivity index (χ2n) is 7.15. The predicted molar refractivity (Wildman–Crippen MR) is 124 cm³/mol. The van der Waals surface area contributed by atoms with Gasteiger partial charge in [0.15, 0.2) is 0 Å². The minimum atomic E-state index is 0.758. The Morgan fingerprint density at radius 1 is 1.03 bits per heavy atom. The van der Waals surface area contributed by atoms with E-state index in [-0.39, 0.29) is 0 Å². The minimum Gasteiger partial charge on any atom is -0.301 e. The average Bonchev–Trinajstić information content (AvgIpc) is 3.14. The monoisotopic (exact) mass is 421 g/mol. The third-order valence-electron chi connectivity index (χ3n) is 5.05. The molecule has 0 saturated heterocycles. The van der Waals surface area contributed by atoms with Gasteiger partial charge in [0.1, 0.15) is 17.0 Å². The number of aryl methyl sites for hydroxylation is 1. The van der Waals surface area contributed by atoms with Crippen LogP contribution in [0.15, 0.2) is 66.1 Å². The lowest BCUT2D eigenvalue weighted by Crippen LogP contribution is -1.95. The zero-order valence-electron chi connectivity index (χ0n) is 16.7. The van der Waals surface area contributed by atoms with Crippen molar-refractivity contribution in [2.24, 2.45) is 0 Å². The largest absolute Gasteiger partial charge is 0.301 e. The SMILES string of the molecule is CCCCCSc1ncnc2c1c(-c1ccccc1)cn2-c1ccc(C)c(Cl)c1. The molecule has 0 amide bonds. The fraction of sp³-hybridized carbons (Fsp3) is 0.250. The van der Waals surface area contributed by atoms with Gasteiger partial charge in [-0.15, -0.1) is 11.8 Å². The maximum absolute atomic E-state index is 6.42. The number of halogens is 1. The van der Waals surface area contributed by atoms with Crippen molar-refractivity contribution in [3.05, 3.63) is 71.6 Å². The van der Waals surface area contributed by atoms with Crippen LogP contribution in [0.3, 0.4) is 0 Å². The van der Waals surface area contributed by atoms with Crippen molar-refractivity contribution in [1.29, 1.82) is 0 Å². The predicted octanol–water partition coefficient (Wildman–Crippen LogP) is 7.33. The summed E-state index contributed by atoms with van der Waals surface area (Å²) in [5.41, 5.74) is 5.30. The molecule has 2 aromatic carbocycles. The van der Waals surface area contributed by atoms with Crippen LogP contribution in [-0.4, -0.2) is 20.3 Å². The van der Waals surface area contributed by atoms with Crippen LogP contribution in [-0.2, 0) is 0 Å². The van der Waals surface area contributed by atoms with Gasteiger partial charge in [0.25, 0.3) is 0 Å². The van der Waals surface area contributed by atoms with Gasteiger partial charge in [0.05, 0.1) is 5.39 Å². The highest BCUT2D eigenvalue weighted by Crippen LogP contribution is 2.37. The second kappa shape index (κ2) is 9.02. The Kier molecular flexibility index (Phi) is 6.22. The van der Waals surface area contributed by atoms with E-state index in [0.717, 1.165) is 43.6 Å². The van der Waals surface area contributed by atoms with Crippen molar-refractivity contribution in [3.8, 4) is 16.8 Å². The molecule has 5 heteroatoms. The quantitative estimate of drug-likeness (QED) is 0.178. The molecule has 4 aromatic rings. The van der Waals surface area contributed by atoms with Crippen LogP contribution in [0.25, 0.3) is 27.8 Å². The summed E-state index contributed by atoms with van der Waals surface area (Å²) < 4.78 is 2.13. The molecule has 0 aliphatic carbocycles. The molecule has 0 radical (unpaired) electrons. The zero-order valence-corrected chi connectivity index (χ0v) is 18.3. The molecule has 0 unspecified atom stereocenters. The Balaban J connectivity index is 1.88. The molecule has 0 aliphatic rings. The van der Waals surface area contributed by atoms with Crippen LogP contribution in [0.2, 0.25) is 5.02 Å². The first kappa shape index (κ1) is 20.0. The van der Waals surface area contributed by atoms with Gasteiger partial charge in [-0.25, -0.2) is 9.97 Å². The molecule has 3 nitrogen and oxygen atoms in total. The number of rotatable bonds is 7. The van der Waals surface area contributed by atoms with Crippen LogP contribution < -0.4 is 0 Å². The first-order chi connectivity index (χ1) is 14.2. The van der Waals surface area contributed by atoms with E-state index in [1.807, 2.05) is 36.9 Å². The van der Waals surface area contributed by atoms with Crippen molar-refractivity contribution < 1.29 is 0 Å². The number of thioether (sulfide) groups is 1. The average molecular weight is 422 g/mol. The highest BCUT2D eigenvalue weighted by Gasteiger charge is 2.17. The second-order valence-corrected chi connectivity index (χ2v) is 8.64. The number of aromatic nitrogens is 3. The van der Waals surface area contributed by atoms with Crippen molar-refractivity contribution in [2.75, 3.05) is 5.75 Å². The number of benzene rings is 2. The Hall–Kier alpha value is -2.30. The van der Waals surface area contributed by atoms with E-state index in [1.54, 1.807) is 6.33 Å². The molecule has 2 aromatic heterocycles. The smallest absolute Gasteiger partial charge is 0.149 e. The maximum atomic E-state index is 6.42. The molecule has 0 atom stereocenters. The van der Waals surface area contributed by atoms with Gasteiger partial charge in [-0.3, -0.25) is 0 Å². The van der Waals surface area contributed by atoms with Gasteiger partial charge in [-0.05, 0) is 42.4 Å². The number of hydrogen-bond acceptors (Lipinski definition) is 3. The first-order valence-electron chi connectivity index (χ1n) is 10.00. The molecule has 0 fully saturated rings. The van der Waals surface area contributed by atoms with Gasteiger partial charge < -0.3 is 4.57 Å². The Morgan fingerprint density at radius 2 is 1.86 bits per heavy atom. The maximum Gasteiger partial charge on any atom is 0.149 e. The van der Waals surface area contributed by atoms with Crippen molar-refractivity contribution in [2.45, 2.75) is 38.1 Å². The summed E-state index contributed by atoms with van der Waals surface area (Å²) in [6.45, 7) is 4.25. The topological polar surface area (TPSA) is 30.7 Å². The van der Waals surface area contributed by atoms with E-state index in [4.69, 9.17) is 11.6 Å². The summed E-state index contributed by atoms with van der Waals surface area (Å²) >= 11 is 8.24. The fourth-order valence-corrected chi connectivity index (χ4v) is 4.61. The number of fused-ring (bicyclic) bond motifs is 1. The summed E-state index contributed by atoms with van der Waals surface area (Å²) in [5.74, 6) is 1.07. The molecule has 4 rings (SSSR count). The van der Waals surface area contributed by atoms with E-state index >= 15 is 0 Å². The van der Waals surface area contributed by atoms with E-state index in [9.17, 15) is 0 Å². The molecule has 148 valence electrons. The van der Waals surface area contributed by atoms with Crippen molar-refractivity contribution >= 4 is 34.4 Å². The zero-order chi connectivity index (χ0) is 20.2. The molecule has 0 spiro atoms. The minimum absolute atomic E-state index is 0.758. The lowest BCUT2D eigenvalue weighted by Gasteiger charge is -2.07. The molecule has 0 aliphatic heterocycles. The van der Waals surface area contributed by atoms with Gasteiger partial charge in [-0.1, -0.05) is 67.8 Å². The highest BCUT2D eigenvalue weighted by molar-refractivity contribution is 7.99. The van der Waals surface area contributed by atoms with Crippen LogP contribution in [0.5, 0.6) is 0 Å². The fourth-order valence-electron chi connectivity index (χ4n) is 3.43. The standard InChI is InChI=1S/C24H24ClN3S/c1-3-4-8-13-29-24-22-20(18-9-6-5-7-10-18)15-28(23(22)26-16-27-24)19-12-11-17(2)21(25)14-19/h5-7,9-12,14-16H,3-4,8,13H2,1-2H3. The van der Waals surface area contributed by atoms with Crippen LogP contribution >= 0.6 is 23.4 Å². The number of unbranched alkanes of at least 4 members (excludes halogenated alkanes) is 2. The summed E-state index contributed by atoms with van der Waals surface area (Å²) in [7, 11) is 0. The van der Waals surface area contributed by atoms with Crippen LogP contribution in [0, 0.1) is 6.92 Å². The van der Waals surface area contributed by atoms with Gasteiger partial charge in [-0.2, -0.15) is 0 Å². The number of hydrogen-bond donors (Lipinski definition) is 0. The van der Waals surface area contributed by atoms with E-state index in [2.05, 4.69) is 58.0 Å². The van der Waals surface area contributed by atoms with Gasteiger partial charge in [0, 0.05) is 22.5 Å². The van der Waals surface area contributed by atoms with Crippen molar-refractivity contribution in [3.63, 3.8) is 0 Å². The third kappa shape index (κ3) is 4.19. The summed E-state index contributed by atoms with van der Waals surface area (Å²) in [4.78, 5) is 9.30. The molecule has 29 heavy (non-hydrogen) atoms. The van der Waals surface area contributed by atoms with Crippen LogP contribution in [0.4, 0.5) is 0 Å². The number of nitrogens with zero attached hydrogens (tertiary/aromatic N) is 3. The lowest BCUT2D eigenvalue weighted by molar-refractivity contribution is 0.778.